The number of imide groups is 1. The molecule has 1 aromatic rings. The number of fused-ring (bicyclic) bond motifs is 2. The van der Waals surface area contributed by atoms with Crippen molar-refractivity contribution in [1.82, 2.24) is 20.4 Å². The molecule has 0 saturated carbocycles. The molecule has 0 spiro atoms. The average molecular weight is 368 g/mol. The van der Waals surface area contributed by atoms with Crippen molar-refractivity contribution < 1.29 is 14.4 Å². The highest BCUT2D eigenvalue weighted by Gasteiger charge is 2.41. The lowest BCUT2D eigenvalue weighted by Crippen LogP contribution is -2.52. The van der Waals surface area contributed by atoms with Crippen LogP contribution in [-0.2, 0) is 22.7 Å². The molecule has 0 aliphatic carbocycles. The predicted molar refractivity (Wildman–Crippen MR) is 97.7 cm³/mol. The maximum Gasteiger partial charge on any atom is 0.255 e. The molecule has 3 fully saturated rings. The van der Waals surface area contributed by atoms with Gasteiger partial charge in [0, 0.05) is 44.2 Å². The van der Waals surface area contributed by atoms with Gasteiger partial charge in [0.05, 0.1) is 0 Å². The molecule has 7 nitrogen and oxygen atoms in total. The second-order valence-electron chi connectivity index (χ2n) is 8.15. The van der Waals surface area contributed by atoms with Gasteiger partial charge in [-0.2, -0.15) is 0 Å². The fourth-order valence-electron chi connectivity index (χ4n) is 5.13. The lowest BCUT2D eigenvalue weighted by atomic mass is 10.0. The topological polar surface area (TPSA) is 81.8 Å². The number of piperidine rings is 1. The van der Waals surface area contributed by atoms with Crippen molar-refractivity contribution in [2.75, 3.05) is 19.6 Å². The Morgan fingerprint density at radius 2 is 2.00 bits per heavy atom. The molecule has 27 heavy (non-hydrogen) atoms. The Morgan fingerprint density at radius 3 is 2.81 bits per heavy atom. The minimum Gasteiger partial charge on any atom is -0.322 e. The van der Waals surface area contributed by atoms with Crippen LogP contribution >= 0.6 is 0 Å². The highest BCUT2D eigenvalue weighted by Crippen LogP contribution is 2.32. The van der Waals surface area contributed by atoms with E-state index in [2.05, 4.69) is 15.5 Å². The molecule has 4 heterocycles. The van der Waals surface area contributed by atoms with Gasteiger partial charge in [-0.25, -0.2) is 0 Å². The zero-order chi connectivity index (χ0) is 18.5. The molecular formula is C20H24N4O3. The van der Waals surface area contributed by atoms with Crippen molar-refractivity contribution in [2.45, 2.75) is 44.4 Å². The van der Waals surface area contributed by atoms with E-state index in [1.54, 1.807) is 4.90 Å². The summed E-state index contributed by atoms with van der Waals surface area (Å²) in [6.45, 7) is 4.43. The number of hydrogen-bond acceptors (Lipinski definition) is 5. The third kappa shape index (κ3) is 2.85. The van der Waals surface area contributed by atoms with E-state index in [1.165, 1.54) is 6.42 Å². The molecule has 3 saturated heterocycles. The largest absolute Gasteiger partial charge is 0.322 e. The molecule has 0 radical (unpaired) electrons. The third-order valence-electron chi connectivity index (χ3n) is 6.47. The van der Waals surface area contributed by atoms with Crippen LogP contribution in [0.1, 0.15) is 40.7 Å². The SMILES string of the molecule is O=C1CCC(N2Cc3cccc(CN4C[C@H]5CCN[C@H]5C4)c3C2=O)C(=O)N1. The van der Waals surface area contributed by atoms with Gasteiger partial charge in [0.2, 0.25) is 11.8 Å². The predicted octanol–water partition coefficient (Wildman–Crippen LogP) is 0.241. The normalized spacial score (nSPS) is 30.6. The zero-order valence-corrected chi connectivity index (χ0v) is 15.2. The van der Waals surface area contributed by atoms with Crippen LogP contribution in [-0.4, -0.2) is 59.2 Å². The van der Waals surface area contributed by atoms with Crippen molar-refractivity contribution in [2.24, 2.45) is 5.92 Å². The lowest BCUT2D eigenvalue weighted by Gasteiger charge is -2.29. The Bertz CT molecular complexity index is 811. The number of amides is 3. The van der Waals surface area contributed by atoms with Gasteiger partial charge >= 0.3 is 0 Å². The number of carbonyl (C=O) groups is 3. The molecule has 3 amide bonds. The maximum absolute atomic E-state index is 13.1. The van der Waals surface area contributed by atoms with Gasteiger partial charge in [0.15, 0.2) is 0 Å². The molecule has 0 bridgehead atoms. The molecule has 2 N–H and O–H groups in total. The van der Waals surface area contributed by atoms with E-state index in [0.717, 1.165) is 48.8 Å². The number of nitrogens with zero attached hydrogens (tertiary/aromatic N) is 2. The number of carbonyl (C=O) groups excluding carboxylic acids is 3. The van der Waals surface area contributed by atoms with Crippen molar-refractivity contribution >= 4 is 17.7 Å². The monoisotopic (exact) mass is 368 g/mol. The first-order chi connectivity index (χ1) is 13.1. The lowest BCUT2D eigenvalue weighted by molar-refractivity contribution is -0.136. The highest BCUT2D eigenvalue weighted by atomic mass is 16.2. The van der Waals surface area contributed by atoms with Crippen LogP contribution in [0.25, 0.3) is 0 Å². The van der Waals surface area contributed by atoms with E-state index in [9.17, 15) is 14.4 Å². The van der Waals surface area contributed by atoms with Crippen LogP contribution in [0.2, 0.25) is 0 Å². The Balaban J connectivity index is 1.35. The van der Waals surface area contributed by atoms with Crippen molar-refractivity contribution in [3.63, 3.8) is 0 Å². The Morgan fingerprint density at radius 1 is 1.11 bits per heavy atom. The average Bonchev–Trinajstić information content (AvgIpc) is 3.29. The van der Waals surface area contributed by atoms with Gasteiger partial charge in [-0.1, -0.05) is 18.2 Å². The first kappa shape index (κ1) is 16.9. The summed E-state index contributed by atoms with van der Waals surface area (Å²) < 4.78 is 0. The van der Waals surface area contributed by atoms with Crippen molar-refractivity contribution in [3.8, 4) is 0 Å². The van der Waals surface area contributed by atoms with E-state index in [4.69, 9.17) is 0 Å². The molecule has 0 aromatic heterocycles. The van der Waals surface area contributed by atoms with E-state index in [-0.39, 0.29) is 24.1 Å². The second-order valence-corrected chi connectivity index (χ2v) is 8.15. The van der Waals surface area contributed by atoms with Gasteiger partial charge in [-0.15, -0.1) is 0 Å². The summed E-state index contributed by atoms with van der Waals surface area (Å²) in [5, 5.41) is 5.93. The fraction of sp³-hybridized carbons (Fsp3) is 0.550. The van der Waals surface area contributed by atoms with E-state index >= 15 is 0 Å². The van der Waals surface area contributed by atoms with Gasteiger partial charge in [-0.05, 0) is 36.4 Å². The molecule has 7 heteroatoms. The molecule has 1 aromatic carbocycles. The Labute approximate surface area is 158 Å². The van der Waals surface area contributed by atoms with E-state index < -0.39 is 6.04 Å². The zero-order valence-electron chi connectivity index (χ0n) is 15.2. The number of benzene rings is 1. The molecule has 142 valence electrons. The highest BCUT2D eigenvalue weighted by molar-refractivity contribution is 6.05. The summed E-state index contributed by atoms with van der Waals surface area (Å²) in [7, 11) is 0. The van der Waals surface area contributed by atoms with Gasteiger partial charge in [0.1, 0.15) is 6.04 Å². The van der Waals surface area contributed by atoms with Gasteiger partial charge in [0.25, 0.3) is 5.91 Å². The van der Waals surface area contributed by atoms with E-state index in [0.29, 0.717) is 19.0 Å². The number of nitrogens with one attached hydrogen (secondary N) is 2. The van der Waals surface area contributed by atoms with Crippen LogP contribution in [0.4, 0.5) is 0 Å². The molecule has 1 unspecified atom stereocenters. The molecule has 5 rings (SSSR count). The van der Waals surface area contributed by atoms with Gasteiger partial charge < -0.3 is 10.2 Å². The fourth-order valence-corrected chi connectivity index (χ4v) is 5.13. The van der Waals surface area contributed by atoms with Crippen LogP contribution in [0.15, 0.2) is 18.2 Å². The summed E-state index contributed by atoms with van der Waals surface area (Å²) in [6.07, 6.45) is 1.92. The van der Waals surface area contributed by atoms with Crippen LogP contribution < -0.4 is 10.6 Å². The first-order valence-corrected chi connectivity index (χ1v) is 9.81. The molecular weight excluding hydrogens is 344 g/mol. The van der Waals surface area contributed by atoms with Crippen LogP contribution in [0.5, 0.6) is 0 Å². The van der Waals surface area contributed by atoms with Crippen LogP contribution in [0.3, 0.4) is 0 Å². The number of likely N-dealkylation sites (tertiary alicyclic amines) is 1. The molecule has 4 aliphatic rings. The minimum atomic E-state index is -0.550. The van der Waals surface area contributed by atoms with E-state index in [1.807, 2.05) is 18.2 Å². The number of rotatable bonds is 3. The van der Waals surface area contributed by atoms with Gasteiger partial charge in [-0.3, -0.25) is 24.6 Å². The molecule has 4 aliphatic heterocycles. The van der Waals surface area contributed by atoms with Crippen molar-refractivity contribution in [3.05, 3.63) is 34.9 Å². The minimum absolute atomic E-state index is 0.0763. The maximum atomic E-state index is 13.1. The standard InChI is InChI=1S/C20H24N4O3/c25-17-5-4-16(19(26)22-17)24-10-14-3-1-2-13(18(14)20(24)27)9-23-8-12-6-7-21-15(12)11-23/h1-3,12,15-16,21H,4-11H2,(H,22,25,26)/t12-,15+,16?/m1/s1. The molecule has 3 atom stereocenters. The first-order valence-electron chi connectivity index (χ1n) is 9.81. The van der Waals surface area contributed by atoms with Crippen molar-refractivity contribution in [1.29, 1.82) is 0 Å². The quantitative estimate of drug-likeness (QED) is 0.747. The summed E-state index contributed by atoms with van der Waals surface area (Å²) >= 11 is 0. The Hall–Kier alpha value is -2.25. The third-order valence-corrected chi connectivity index (χ3v) is 6.47. The van der Waals surface area contributed by atoms with Crippen LogP contribution in [0, 0.1) is 5.92 Å². The summed E-state index contributed by atoms with van der Waals surface area (Å²) in [6, 6.07) is 6.04. The summed E-state index contributed by atoms with van der Waals surface area (Å²) in [5.41, 5.74) is 2.79. The number of hydrogen-bond donors (Lipinski definition) is 2. The smallest absolute Gasteiger partial charge is 0.255 e. The summed E-state index contributed by atoms with van der Waals surface area (Å²) in [4.78, 5) is 40.8. The Kier molecular flexibility index (Phi) is 4.02. The summed E-state index contributed by atoms with van der Waals surface area (Å²) in [5.74, 6) is 0.0340. The second kappa shape index (κ2) is 6.42.